The third-order valence-corrected chi connectivity index (χ3v) is 4.26. The fourth-order valence-electron chi connectivity index (χ4n) is 3.00. The summed E-state index contributed by atoms with van der Waals surface area (Å²) in [7, 11) is 0. The summed E-state index contributed by atoms with van der Waals surface area (Å²) < 4.78 is 5.35. The summed E-state index contributed by atoms with van der Waals surface area (Å²) in [6.45, 7) is 9.17. The zero-order valence-corrected chi connectivity index (χ0v) is 16.4. The maximum absolute atomic E-state index is 12.0. The highest BCUT2D eigenvalue weighted by molar-refractivity contribution is 5.68. The van der Waals surface area contributed by atoms with Gasteiger partial charge >= 0.3 is 6.09 Å². The summed E-state index contributed by atoms with van der Waals surface area (Å²) in [5, 5.41) is 2.95. The minimum Gasteiger partial charge on any atom is -0.444 e. The first-order valence-corrected chi connectivity index (χ1v) is 9.38. The molecule has 2 aromatic rings. The number of carbonyl (C=O) groups excluding carboxylic acids is 1. The summed E-state index contributed by atoms with van der Waals surface area (Å²) in [5.74, 6) is 1.50. The summed E-state index contributed by atoms with van der Waals surface area (Å²) in [6.07, 6.45) is 3.04. The van der Waals surface area contributed by atoms with Crippen molar-refractivity contribution in [2.24, 2.45) is 0 Å². The lowest BCUT2D eigenvalue weighted by molar-refractivity contribution is 0.0509. The highest BCUT2D eigenvalue weighted by atomic mass is 16.6. The van der Waals surface area contributed by atoms with Crippen LogP contribution in [0.4, 0.5) is 10.6 Å². The largest absolute Gasteiger partial charge is 0.444 e. The predicted molar refractivity (Wildman–Crippen MR) is 105 cm³/mol. The average molecular weight is 369 g/mol. The first kappa shape index (κ1) is 19.1. The van der Waals surface area contributed by atoms with Crippen LogP contribution in [-0.4, -0.2) is 45.8 Å². The number of amides is 1. The zero-order chi connectivity index (χ0) is 19.4. The molecule has 1 saturated heterocycles. The molecule has 27 heavy (non-hydrogen) atoms. The fraction of sp³-hybridized carbons (Fsp3) is 0.500. The van der Waals surface area contributed by atoms with Crippen LogP contribution in [0.15, 0.2) is 30.5 Å². The fourth-order valence-corrected chi connectivity index (χ4v) is 3.00. The van der Waals surface area contributed by atoms with E-state index in [0.717, 1.165) is 36.6 Å². The Morgan fingerprint density at radius 3 is 2.81 bits per heavy atom. The number of pyridine rings is 1. The van der Waals surface area contributed by atoms with Crippen molar-refractivity contribution in [3.05, 3.63) is 36.2 Å². The van der Waals surface area contributed by atoms with Crippen LogP contribution in [0.1, 0.15) is 39.8 Å². The lowest BCUT2D eigenvalue weighted by Crippen LogP contribution is -2.40. The van der Waals surface area contributed by atoms with Gasteiger partial charge in [-0.05, 0) is 45.7 Å². The van der Waals surface area contributed by atoms with Gasteiger partial charge in [-0.25, -0.2) is 14.8 Å². The van der Waals surface area contributed by atoms with Gasteiger partial charge in [0.05, 0.1) is 6.04 Å². The lowest BCUT2D eigenvalue weighted by atomic mass is 10.2. The van der Waals surface area contributed by atoms with Gasteiger partial charge in [0.15, 0.2) is 5.82 Å². The van der Waals surface area contributed by atoms with E-state index < -0.39 is 5.60 Å². The molecule has 3 heterocycles. The van der Waals surface area contributed by atoms with Crippen molar-refractivity contribution >= 4 is 11.9 Å². The molecule has 1 atom stereocenters. The third kappa shape index (κ3) is 5.15. The minimum atomic E-state index is -0.497. The molecule has 0 bridgehead atoms. The van der Waals surface area contributed by atoms with Crippen molar-refractivity contribution in [3.63, 3.8) is 0 Å². The highest BCUT2D eigenvalue weighted by Gasteiger charge is 2.27. The van der Waals surface area contributed by atoms with Gasteiger partial charge in [-0.15, -0.1) is 0 Å². The Labute approximate surface area is 160 Å². The van der Waals surface area contributed by atoms with Crippen LogP contribution < -0.4 is 10.2 Å². The van der Waals surface area contributed by atoms with E-state index in [9.17, 15) is 4.79 Å². The van der Waals surface area contributed by atoms with E-state index >= 15 is 0 Å². The van der Waals surface area contributed by atoms with Crippen molar-refractivity contribution in [2.75, 3.05) is 18.0 Å². The van der Waals surface area contributed by atoms with E-state index in [1.165, 1.54) is 0 Å². The Morgan fingerprint density at radius 1 is 1.33 bits per heavy atom. The SMILES string of the molecule is CCc1cc(N2CCC(NC(=O)OC(C)(C)C)C2)nc(-c2ccccn2)n1. The molecule has 7 nitrogen and oxygen atoms in total. The molecular weight excluding hydrogens is 342 g/mol. The molecule has 7 heteroatoms. The Bertz CT molecular complexity index is 789. The second-order valence-electron chi connectivity index (χ2n) is 7.69. The van der Waals surface area contributed by atoms with E-state index in [0.29, 0.717) is 12.4 Å². The number of alkyl carbamates (subject to hydrolysis) is 1. The monoisotopic (exact) mass is 369 g/mol. The zero-order valence-electron chi connectivity index (χ0n) is 16.4. The first-order valence-electron chi connectivity index (χ1n) is 9.38. The van der Waals surface area contributed by atoms with Crippen LogP contribution in [-0.2, 0) is 11.2 Å². The molecule has 1 N–H and O–H groups in total. The maximum atomic E-state index is 12.0. The molecule has 1 unspecified atom stereocenters. The number of nitrogens with zero attached hydrogens (tertiary/aromatic N) is 4. The minimum absolute atomic E-state index is 0.0400. The van der Waals surface area contributed by atoms with Gasteiger partial charge in [-0.3, -0.25) is 4.98 Å². The molecule has 1 amide bonds. The molecule has 0 radical (unpaired) electrons. The third-order valence-electron chi connectivity index (χ3n) is 4.26. The number of carbonyl (C=O) groups is 1. The molecule has 1 aliphatic rings. The van der Waals surface area contributed by atoms with Gasteiger partial charge in [0.1, 0.15) is 17.1 Å². The van der Waals surface area contributed by atoms with E-state index in [-0.39, 0.29) is 12.1 Å². The van der Waals surface area contributed by atoms with Gasteiger partial charge in [0.2, 0.25) is 0 Å². The highest BCUT2D eigenvalue weighted by Crippen LogP contribution is 2.23. The van der Waals surface area contributed by atoms with Crippen molar-refractivity contribution in [3.8, 4) is 11.5 Å². The van der Waals surface area contributed by atoms with Gasteiger partial charge in [0.25, 0.3) is 0 Å². The maximum Gasteiger partial charge on any atom is 0.407 e. The van der Waals surface area contributed by atoms with E-state index in [1.54, 1.807) is 6.20 Å². The lowest BCUT2D eigenvalue weighted by Gasteiger charge is -2.22. The second-order valence-corrected chi connectivity index (χ2v) is 7.69. The van der Waals surface area contributed by atoms with Crippen molar-refractivity contribution < 1.29 is 9.53 Å². The first-order chi connectivity index (χ1) is 12.8. The normalized spacial score (nSPS) is 17.0. The Morgan fingerprint density at radius 2 is 2.15 bits per heavy atom. The summed E-state index contributed by atoms with van der Waals surface area (Å²) in [4.78, 5) is 27.9. The van der Waals surface area contributed by atoms with E-state index in [2.05, 4.69) is 27.1 Å². The molecular formula is C20H27N5O2. The van der Waals surface area contributed by atoms with Crippen LogP contribution in [0.2, 0.25) is 0 Å². The van der Waals surface area contributed by atoms with Gasteiger partial charge in [-0.2, -0.15) is 0 Å². The topological polar surface area (TPSA) is 80.2 Å². The number of aryl methyl sites for hydroxylation is 1. The van der Waals surface area contributed by atoms with Crippen molar-refractivity contribution in [1.82, 2.24) is 20.3 Å². The smallest absolute Gasteiger partial charge is 0.407 e. The van der Waals surface area contributed by atoms with Crippen molar-refractivity contribution in [2.45, 2.75) is 52.2 Å². The molecule has 144 valence electrons. The standard InChI is InChI=1S/C20H27N5O2/c1-5-14-12-17(24-18(22-14)16-8-6-7-10-21-16)25-11-9-15(13-25)23-19(26)27-20(2,3)4/h6-8,10,12,15H,5,9,11,13H2,1-4H3,(H,23,26). The van der Waals surface area contributed by atoms with Gasteiger partial charge < -0.3 is 15.0 Å². The average Bonchev–Trinajstić information content (AvgIpc) is 3.08. The molecule has 0 spiro atoms. The molecule has 1 fully saturated rings. The quantitative estimate of drug-likeness (QED) is 0.891. The molecule has 0 aliphatic carbocycles. The van der Waals surface area contributed by atoms with Gasteiger partial charge in [0, 0.05) is 31.0 Å². The van der Waals surface area contributed by atoms with Crippen LogP contribution in [0.25, 0.3) is 11.5 Å². The molecule has 0 aromatic carbocycles. The second kappa shape index (κ2) is 7.90. The van der Waals surface area contributed by atoms with Crippen LogP contribution in [0.5, 0.6) is 0 Å². The number of hydrogen-bond acceptors (Lipinski definition) is 6. The predicted octanol–water partition coefficient (Wildman–Crippen LogP) is 3.20. The molecule has 0 saturated carbocycles. The Kier molecular flexibility index (Phi) is 5.58. The molecule has 1 aliphatic heterocycles. The summed E-state index contributed by atoms with van der Waals surface area (Å²) >= 11 is 0. The van der Waals surface area contributed by atoms with Crippen molar-refractivity contribution in [1.29, 1.82) is 0 Å². The number of anilines is 1. The number of aromatic nitrogens is 3. The van der Waals surface area contributed by atoms with E-state index in [1.807, 2.05) is 45.0 Å². The number of ether oxygens (including phenoxy) is 1. The molecule has 3 rings (SSSR count). The number of rotatable bonds is 4. The molecule has 2 aromatic heterocycles. The Balaban J connectivity index is 1.72. The van der Waals surface area contributed by atoms with Crippen LogP contribution in [0, 0.1) is 0 Å². The van der Waals surface area contributed by atoms with Crippen LogP contribution >= 0.6 is 0 Å². The number of nitrogens with one attached hydrogen (secondary N) is 1. The Hall–Kier alpha value is -2.70. The summed E-state index contributed by atoms with van der Waals surface area (Å²) in [6, 6.07) is 7.78. The summed E-state index contributed by atoms with van der Waals surface area (Å²) in [5.41, 5.74) is 1.24. The van der Waals surface area contributed by atoms with Crippen LogP contribution in [0.3, 0.4) is 0 Å². The number of hydrogen-bond donors (Lipinski definition) is 1. The van der Waals surface area contributed by atoms with E-state index in [4.69, 9.17) is 9.72 Å². The van der Waals surface area contributed by atoms with Gasteiger partial charge in [-0.1, -0.05) is 13.0 Å².